The fraction of sp³-hybridized carbons (Fsp3) is 0.323. The van der Waals surface area contributed by atoms with E-state index in [-0.39, 0.29) is 30.2 Å². The summed E-state index contributed by atoms with van der Waals surface area (Å²) in [6.07, 6.45) is 4.05. The largest absolute Gasteiger partial charge is 0.351 e. The first kappa shape index (κ1) is 25.6. The summed E-state index contributed by atoms with van der Waals surface area (Å²) in [5.74, 6) is 0.00977. The number of hydrogen-bond acceptors (Lipinski definition) is 3. The second-order valence-corrected chi connectivity index (χ2v) is 10.3. The highest BCUT2D eigenvalue weighted by molar-refractivity contribution is 6.00. The fourth-order valence-corrected chi connectivity index (χ4v) is 5.26. The van der Waals surface area contributed by atoms with Crippen LogP contribution in [0.1, 0.15) is 64.6 Å². The molecule has 1 aliphatic rings. The van der Waals surface area contributed by atoms with Crippen molar-refractivity contribution >= 4 is 22.8 Å². The van der Waals surface area contributed by atoms with Crippen molar-refractivity contribution in [2.75, 3.05) is 0 Å². The van der Waals surface area contributed by atoms with Gasteiger partial charge in [-0.3, -0.25) is 9.59 Å². The first-order valence-corrected chi connectivity index (χ1v) is 13.2. The summed E-state index contributed by atoms with van der Waals surface area (Å²) >= 11 is 0. The zero-order chi connectivity index (χ0) is 26.8. The third kappa shape index (κ3) is 5.32. The number of nitrogens with one attached hydrogen (secondary N) is 1. The van der Waals surface area contributed by atoms with Gasteiger partial charge in [-0.1, -0.05) is 54.8 Å². The Hall–Kier alpha value is -4.00. The second kappa shape index (κ2) is 10.8. The van der Waals surface area contributed by atoms with Crippen LogP contribution in [0.5, 0.6) is 0 Å². The Kier molecular flexibility index (Phi) is 7.27. The normalized spacial score (nSPS) is 14.5. The molecule has 1 heterocycles. The summed E-state index contributed by atoms with van der Waals surface area (Å²) in [7, 11) is 1.94. The van der Waals surface area contributed by atoms with Crippen molar-refractivity contribution in [3.05, 3.63) is 101 Å². The van der Waals surface area contributed by atoms with Crippen LogP contribution in [-0.4, -0.2) is 32.3 Å². The molecule has 0 spiro atoms. The first-order valence-electron chi connectivity index (χ1n) is 13.2. The van der Waals surface area contributed by atoms with E-state index in [2.05, 4.69) is 10.3 Å². The zero-order valence-electron chi connectivity index (χ0n) is 22.1. The Labute approximate surface area is 222 Å². The molecule has 196 valence electrons. The number of imidazole rings is 1. The van der Waals surface area contributed by atoms with Gasteiger partial charge in [-0.05, 0) is 68.1 Å². The number of nitrogens with zero attached hydrogens (tertiary/aromatic N) is 3. The van der Waals surface area contributed by atoms with Crippen LogP contribution < -0.4 is 5.32 Å². The number of carbonyl (C=O) groups excluding carboxylic acids is 2. The minimum Gasteiger partial charge on any atom is -0.351 e. The van der Waals surface area contributed by atoms with E-state index in [1.165, 1.54) is 12.1 Å². The maximum Gasteiger partial charge on any atom is 0.255 e. The molecule has 0 saturated heterocycles. The van der Waals surface area contributed by atoms with E-state index >= 15 is 0 Å². The molecule has 7 heteroatoms. The van der Waals surface area contributed by atoms with Crippen molar-refractivity contribution < 1.29 is 14.0 Å². The van der Waals surface area contributed by atoms with E-state index in [0.717, 1.165) is 59.2 Å². The predicted octanol–water partition coefficient (Wildman–Crippen LogP) is 5.77. The van der Waals surface area contributed by atoms with Crippen molar-refractivity contribution in [1.82, 2.24) is 19.8 Å². The summed E-state index contributed by atoms with van der Waals surface area (Å²) < 4.78 is 15.7. The summed E-state index contributed by atoms with van der Waals surface area (Å²) in [5, 5.41) is 3.21. The number of carbonyl (C=O) groups is 2. The molecule has 1 aliphatic carbocycles. The van der Waals surface area contributed by atoms with Crippen LogP contribution in [0.3, 0.4) is 0 Å². The van der Waals surface area contributed by atoms with Gasteiger partial charge in [-0.2, -0.15) is 0 Å². The molecule has 4 aromatic rings. The van der Waals surface area contributed by atoms with Gasteiger partial charge in [0.05, 0.1) is 11.0 Å². The molecule has 1 aromatic heterocycles. The van der Waals surface area contributed by atoms with Crippen molar-refractivity contribution in [3.63, 3.8) is 0 Å². The average molecular weight is 513 g/mol. The van der Waals surface area contributed by atoms with Gasteiger partial charge in [-0.15, -0.1) is 0 Å². The highest BCUT2D eigenvalue weighted by atomic mass is 19.1. The highest BCUT2D eigenvalue weighted by Crippen LogP contribution is 2.29. The lowest BCUT2D eigenvalue weighted by Crippen LogP contribution is -2.45. The first-order chi connectivity index (χ1) is 18.3. The van der Waals surface area contributed by atoms with Crippen LogP contribution in [-0.2, 0) is 18.4 Å². The van der Waals surface area contributed by atoms with Crippen LogP contribution in [0.25, 0.3) is 11.0 Å². The molecule has 0 bridgehead atoms. The van der Waals surface area contributed by atoms with E-state index in [0.29, 0.717) is 5.56 Å². The minimum atomic E-state index is -0.852. The van der Waals surface area contributed by atoms with Crippen LogP contribution in [0.4, 0.5) is 4.39 Å². The molecule has 1 saturated carbocycles. The number of aryl methyl sites for hydroxylation is 3. The molecule has 6 nitrogen and oxygen atoms in total. The van der Waals surface area contributed by atoms with Crippen molar-refractivity contribution in [2.45, 2.75) is 58.2 Å². The summed E-state index contributed by atoms with van der Waals surface area (Å²) in [5.41, 5.74) is 4.63. The number of fused-ring (bicyclic) bond motifs is 1. The van der Waals surface area contributed by atoms with E-state index in [9.17, 15) is 14.0 Å². The van der Waals surface area contributed by atoms with Crippen LogP contribution in [0.2, 0.25) is 0 Å². The van der Waals surface area contributed by atoms with Crippen LogP contribution in [0, 0.1) is 19.7 Å². The maximum atomic E-state index is 14.2. The van der Waals surface area contributed by atoms with E-state index < -0.39 is 6.04 Å². The molecule has 38 heavy (non-hydrogen) atoms. The molecule has 3 aromatic carbocycles. The monoisotopic (exact) mass is 512 g/mol. The summed E-state index contributed by atoms with van der Waals surface area (Å²) in [6, 6.07) is 18.5. The second-order valence-electron chi connectivity index (χ2n) is 10.3. The van der Waals surface area contributed by atoms with Gasteiger partial charge in [0, 0.05) is 25.2 Å². The third-order valence-corrected chi connectivity index (χ3v) is 7.53. The van der Waals surface area contributed by atoms with Gasteiger partial charge < -0.3 is 14.8 Å². The molecular formula is C31H33FN4O2. The average Bonchev–Trinajstić information content (AvgIpc) is 3.52. The maximum absolute atomic E-state index is 14.2. The molecular weight excluding hydrogens is 479 g/mol. The molecule has 1 atom stereocenters. The van der Waals surface area contributed by atoms with Crippen molar-refractivity contribution in [3.8, 4) is 0 Å². The number of rotatable bonds is 7. The van der Waals surface area contributed by atoms with E-state index in [1.807, 2.05) is 55.8 Å². The standard InChI is InChI=1S/C31H33FN4O2/c1-20-8-12-23(13-9-20)29(30(37)34-26-6-4-5-7-26)36(19-22-10-15-25(32)16-11-22)31(38)24-14-17-28-27(18-24)33-21(2)35(28)3/h8-18,26,29H,4-7,19H2,1-3H3,(H,34,37)/t29-/m1/s1. The number of hydrogen-bond donors (Lipinski definition) is 1. The van der Waals surface area contributed by atoms with Crippen molar-refractivity contribution in [1.29, 1.82) is 0 Å². The van der Waals surface area contributed by atoms with Gasteiger partial charge >= 0.3 is 0 Å². The minimum absolute atomic E-state index is 0.103. The molecule has 1 fully saturated rings. The molecule has 5 rings (SSSR count). The van der Waals surface area contributed by atoms with Gasteiger partial charge in [0.25, 0.3) is 5.91 Å². The molecule has 0 radical (unpaired) electrons. The Balaban J connectivity index is 1.58. The fourth-order valence-electron chi connectivity index (χ4n) is 5.26. The molecule has 1 N–H and O–H groups in total. The number of amides is 2. The van der Waals surface area contributed by atoms with E-state index in [1.54, 1.807) is 29.2 Å². The number of halogens is 1. The Morgan fingerprint density at radius 2 is 1.71 bits per heavy atom. The van der Waals surface area contributed by atoms with E-state index in [4.69, 9.17) is 0 Å². The Bertz CT molecular complexity index is 1450. The van der Waals surface area contributed by atoms with Crippen molar-refractivity contribution in [2.24, 2.45) is 7.05 Å². The Morgan fingerprint density at radius 3 is 2.39 bits per heavy atom. The summed E-state index contributed by atoms with van der Waals surface area (Å²) in [6.45, 7) is 4.06. The van der Waals surface area contributed by atoms with Gasteiger partial charge in [0.15, 0.2) is 0 Å². The smallest absolute Gasteiger partial charge is 0.255 e. The lowest BCUT2D eigenvalue weighted by Gasteiger charge is -2.32. The van der Waals surface area contributed by atoms with Crippen LogP contribution >= 0.6 is 0 Å². The molecule has 0 aliphatic heterocycles. The van der Waals surface area contributed by atoms with Gasteiger partial charge in [-0.25, -0.2) is 9.37 Å². The summed E-state index contributed by atoms with van der Waals surface area (Å²) in [4.78, 5) is 34.3. The topological polar surface area (TPSA) is 67.2 Å². The lowest BCUT2D eigenvalue weighted by atomic mass is 10.00. The predicted molar refractivity (Wildman–Crippen MR) is 146 cm³/mol. The molecule has 0 unspecified atom stereocenters. The third-order valence-electron chi connectivity index (χ3n) is 7.53. The molecule has 2 amide bonds. The number of aromatic nitrogens is 2. The SMILES string of the molecule is Cc1ccc([C@H](C(=O)NC2CCCC2)N(Cc2ccc(F)cc2)C(=O)c2ccc3c(c2)nc(C)n3C)cc1. The van der Waals surface area contributed by atoms with Gasteiger partial charge in [0.1, 0.15) is 17.7 Å². The quantitative estimate of drug-likeness (QED) is 0.342. The zero-order valence-corrected chi connectivity index (χ0v) is 22.1. The lowest BCUT2D eigenvalue weighted by molar-refractivity contribution is -0.126. The Morgan fingerprint density at radius 1 is 1.03 bits per heavy atom. The van der Waals surface area contributed by atoms with Crippen LogP contribution in [0.15, 0.2) is 66.7 Å². The number of benzene rings is 3. The van der Waals surface area contributed by atoms with Gasteiger partial charge in [0.2, 0.25) is 5.91 Å². The highest BCUT2D eigenvalue weighted by Gasteiger charge is 2.34.